The molecule has 0 aromatic carbocycles. The minimum atomic E-state index is -3.52. The van der Waals surface area contributed by atoms with Crippen LogP contribution < -0.4 is 4.72 Å². The Balaban J connectivity index is 1.79. The lowest BCUT2D eigenvalue weighted by Crippen LogP contribution is -2.28. The van der Waals surface area contributed by atoms with E-state index in [2.05, 4.69) is 22.0 Å². The molecule has 7 nitrogen and oxygen atoms in total. The number of hydrogen-bond donors (Lipinski definition) is 4. The topological polar surface area (TPSA) is 124 Å². The predicted molar refractivity (Wildman–Crippen MR) is 134 cm³/mol. The van der Waals surface area contributed by atoms with Gasteiger partial charge in [0.05, 0.1) is 28.4 Å². The highest BCUT2D eigenvalue weighted by Crippen LogP contribution is 2.36. The highest BCUT2D eigenvalue weighted by Gasteiger charge is 2.39. The standard InChI is InChI=1S/C23H34BrNO6S2/c1-15-13-17(32-23(15)24)11-9-16(26)10-12-19-18(20(27)14-21(19)28)7-5-3-4-6-8-22(29)25-33(2,30)31/h3,5,10,12-13,16,18-21,26-28H,4,6-9,11,14H2,1-2H3,(H,25,29)/t16-,18+,19+,20-,21+/m0/s1. The van der Waals surface area contributed by atoms with Gasteiger partial charge in [-0.3, -0.25) is 9.52 Å². The average Bonchev–Trinajstić information content (AvgIpc) is 3.17. The molecule has 0 spiro atoms. The number of thiophene rings is 1. The summed E-state index contributed by atoms with van der Waals surface area (Å²) in [7, 11) is -3.52. The van der Waals surface area contributed by atoms with Gasteiger partial charge in [0.1, 0.15) is 0 Å². The van der Waals surface area contributed by atoms with Crippen molar-refractivity contribution < 1.29 is 28.5 Å². The van der Waals surface area contributed by atoms with Crippen molar-refractivity contribution in [2.75, 3.05) is 6.26 Å². The number of sulfonamides is 1. The molecule has 0 unspecified atom stereocenters. The molecule has 1 fully saturated rings. The maximum absolute atomic E-state index is 11.5. The normalized spacial score (nSPS) is 24.7. The Labute approximate surface area is 208 Å². The van der Waals surface area contributed by atoms with Crippen LogP contribution in [0.4, 0.5) is 0 Å². The van der Waals surface area contributed by atoms with Crippen molar-refractivity contribution in [2.45, 2.75) is 70.2 Å². The van der Waals surface area contributed by atoms with Crippen molar-refractivity contribution >= 4 is 43.2 Å². The Kier molecular flexibility index (Phi) is 11.2. The number of hydrogen-bond acceptors (Lipinski definition) is 7. The molecular weight excluding hydrogens is 530 g/mol. The molecule has 0 aliphatic heterocycles. The first kappa shape index (κ1) is 28.2. The summed E-state index contributed by atoms with van der Waals surface area (Å²) in [6, 6.07) is 2.11. The fourth-order valence-electron chi connectivity index (χ4n) is 4.01. The third-order valence-electron chi connectivity index (χ3n) is 5.71. The fraction of sp³-hybridized carbons (Fsp3) is 0.609. The molecule has 1 heterocycles. The van der Waals surface area contributed by atoms with Gasteiger partial charge in [-0.25, -0.2) is 8.42 Å². The summed E-state index contributed by atoms with van der Waals surface area (Å²) in [6.07, 6.45) is 9.91. The quantitative estimate of drug-likeness (QED) is 0.228. The van der Waals surface area contributed by atoms with Crippen LogP contribution in [0.3, 0.4) is 0 Å². The van der Waals surface area contributed by atoms with E-state index in [1.807, 2.05) is 29.9 Å². The van der Waals surface area contributed by atoms with Gasteiger partial charge in [0, 0.05) is 23.6 Å². The van der Waals surface area contributed by atoms with E-state index in [1.54, 1.807) is 17.4 Å². The van der Waals surface area contributed by atoms with Crippen LogP contribution in [0.2, 0.25) is 0 Å². The molecular formula is C23H34BrNO6S2. The Hall–Kier alpha value is -1.04. The molecule has 4 N–H and O–H groups in total. The number of halogens is 1. The minimum absolute atomic E-state index is 0.118. The minimum Gasteiger partial charge on any atom is -0.393 e. The highest BCUT2D eigenvalue weighted by molar-refractivity contribution is 9.11. The molecule has 0 radical (unpaired) electrons. The van der Waals surface area contributed by atoms with Crippen LogP contribution >= 0.6 is 27.3 Å². The van der Waals surface area contributed by atoms with Crippen LogP contribution in [0.15, 0.2) is 34.2 Å². The molecule has 1 aromatic rings. The maximum atomic E-state index is 11.5. The van der Waals surface area contributed by atoms with Gasteiger partial charge < -0.3 is 15.3 Å². The number of nitrogens with one attached hydrogen (secondary N) is 1. The third-order valence-corrected chi connectivity index (χ3v) is 8.51. The third kappa shape index (κ3) is 10.00. The van der Waals surface area contributed by atoms with Crippen molar-refractivity contribution in [2.24, 2.45) is 11.8 Å². The predicted octanol–water partition coefficient (Wildman–Crippen LogP) is 3.22. The second-order valence-corrected chi connectivity index (χ2v) is 12.9. The summed E-state index contributed by atoms with van der Waals surface area (Å²) in [6.45, 7) is 2.04. The Morgan fingerprint density at radius 1 is 1.33 bits per heavy atom. The van der Waals surface area contributed by atoms with Gasteiger partial charge in [0.15, 0.2) is 0 Å². The maximum Gasteiger partial charge on any atom is 0.233 e. The summed E-state index contributed by atoms with van der Waals surface area (Å²) in [5.74, 6) is -0.909. The van der Waals surface area contributed by atoms with Gasteiger partial charge in [0.2, 0.25) is 15.9 Å². The number of amides is 1. The number of rotatable bonds is 12. The lowest BCUT2D eigenvalue weighted by Gasteiger charge is -2.19. The first-order chi connectivity index (χ1) is 15.5. The number of aliphatic hydroxyl groups excluding tert-OH is 3. The molecule has 2 rings (SSSR count). The highest BCUT2D eigenvalue weighted by atomic mass is 79.9. The second kappa shape index (κ2) is 13.2. The Morgan fingerprint density at radius 3 is 2.70 bits per heavy atom. The number of unbranched alkanes of at least 4 members (excludes halogenated alkanes) is 1. The van der Waals surface area contributed by atoms with Crippen molar-refractivity contribution in [1.29, 1.82) is 0 Å². The van der Waals surface area contributed by atoms with Crippen LogP contribution in [-0.4, -0.2) is 54.2 Å². The molecule has 0 bridgehead atoms. The molecule has 0 saturated heterocycles. The van der Waals surface area contributed by atoms with Crippen LogP contribution in [0, 0.1) is 18.8 Å². The van der Waals surface area contributed by atoms with Gasteiger partial charge in [-0.1, -0.05) is 24.3 Å². The lowest BCUT2D eigenvalue weighted by molar-refractivity contribution is -0.119. The monoisotopic (exact) mass is 563 g/mol. The summed E-state index contributed by atoms with van der Waals surface area (Å²) in [5, 5.41) is 31.1. The molecule has 10 heteroatoms. The first-order valence-corrected chi connectivity index (χ1v) is 14.6. The molecule has 186 valence electrons. The Bertz CT molecular complexity index is 923. The smallest absolute Gasteiger partial charge is 0.233 e. The number of carbonyl (C=O) groups excluding carboxylic acids is 1. The van der Waals surface area contributed by atoms with E-state index in [0.717, 1.165) is 16.5 Å². The van der Waals surface area contributed by atoms with E-state index in [-0.39, 0.29) is 18.3 Å². The zero-order valence-corrected chi connectivity index (χ0v) is 22.2. The van der Waals surface area contributed by atoms with Crippen LogP contribution in [0.25, 0.3) is 0 Å². The molecule has 1 aliphatic carbocycles. The summed E-state index contributed by atoms with van der Waals surface area (Å²) >= 11 is 5.18. The van der Waals surface area contributed by atoms with Crippen molar-refractivity contribution in [3.8, 4) is 0 Å². The fourth-order valence-corrected chi connectivity index (χ4v) is 6.16. The number of aryl methyl sites for hydroxylation is 2. The summed E-state index contributed by atoms with van der Waals surface area (Å²) in [5.41, 5.74) is 1.19. The number of allylic oxidation sites excluding steroid dienone is 2. The van der Waals surface area contributed by atoms with Crippen LogP contribution in [-0.2, 0) is 21.2 Å². The Morgan fingerprint density at radius 2 is 2.06 bits per heavy atom. The van der Waals surface area contributed by atoms with Crippen molar-refractivity contribution in [3.63, 3.8) is 0 Å². The van der Waals surface area contributed by atoms with E-state index in [4.69, 9.17) is 0 Å². The first-order valence-electron chi connectivity index (χ1n) is 11.1. The molecule has 33 heavy (non-hydrogen) atoms. The van der Waals surface area contributed by atoms with Gasteiger partial charge in [0.25, 0.3) is 0 Å². The van der Waals surface area contributed by atoms with Gasteiger partial charge in [-0.2, -0.15) is 0 Å². The van der Waals surface area contributed by atoms with Crippen LogP contribution in [0.5, 0.6) is 0 Å². The molecule has 1 saturated carbocycles. The van der Waals surface area contributed by atoms with Gasteiger partial charge in [-0.05, 0) is 72.5 Å². The lowest BCUT2D eigenvalue weighted by atomic mass is 9.89. The van der Waals surface area contributed by atoms with Gasteiger partial charge >= 0.3 is 0 Å². The molecule has 1 aliphatic rings. The largest absolute Gasteiger partial charge is 0.393 e. The molecule has 1 amide bonds. The molecule has 5 atom stereocenters. The zero-order chi connectivity index (χ0) is 24.6. The van der Waals surface area contributed by atoms with Gasteiger partial charge in [-0.15, -0.1) is 11.3 Å². The van der Waals surface area contributed by atoms with E-state index < -0.39 is 34.2 Å². The van der Waals surface area contributed by atoms with Crippen molar-refractivity contribution in [3.05, 3.63) is 44.6 Å². The van der Waals surface area contributed by atoms with E-state index >= 15 is 0 Å². The van der Waals surface area contributed by atoms with E-state index in [0.29, 0.717) is 32.1 Å². The second-order valence-electron chi connectivity index (χ2n) is 8.67. The summed E-state index contributed by atoms with van der Waals surface area (Å²) < 4.78 is 25.1. The van der Waals surface area contributed by atoms with E-state index in [1.165, 1.54) is 10.4 Å². The van der Waals surface area contributed by atoms with E-state index in [9.17, 15) is 28.5 Å². The SMILES string of the molecule is Cc1cc(CC[C@H](O)C=C[C@@H]2[C@@H](CC=CCCCC(=O)NS(C)(=O)=O)[C@@H](O)C[C@H]2O)sc1Br. The number of carbonyl (C=O) groups is 1. The zero-order valence-electron chi connectivity index (χ0n) is 19.0. The van der Waals surface area contributed by atoms with Crippen molar-refractivity contribution in [1.82, 2.24) is 4.72 Å². The number of aliphatic hydroxyl groups is 3. The molecule has 1 aromatic heterocycles. The summed E-state index contributed by atoms with van der Waals surface area (Å²) in [4.78, 5) is 12.7. The van der Waals surface area contributed by atoms with Crippen LogP contribution in [0.1, 0.15) is 49.0 Å². The average molecular weight is 565 g/mol.